The lowest BCUT2D eigenvalue weighted by Crippen LogP contribution is -2.51. The van der Waals surface area contributed by atoms with Crippen LogP contribution in [-0.2, 0) is 15.0 Å². The Balaban J connectivity index is 1.52. The summed E-state index contributed by atoms with van der Waals surface area (Å²) in [5, 5.41) is 3.05. The Bertz CT molecular complexity index is 1610. The number of nitrogens with zero attached hydrogens (tertiary/aromatic N) is 1. The molecule has 0 aromatic heterocycles. The van der Waals surface area contributed by atoms with Crippen LogP contribution in [-0.4, -0.2) is 36.4 Å². The maximum absolute atomic E-state index is 14.6. The van der Waals surface area contributed by atoms with Gasteiger partial charge in [-0.3, -0.25) is 14.4 Å². The van der Waals surface area contributed by atoms with Gasteiger partial charge < -0.3 is 19.7 Å². The van der Waals surface area contributed by atoms with Crippen LogP contribution in [0.25, 0.3) is 5.57 Å². The second-order valence-electron chi connectivity index (χ2n) is 10.6. The molecule has 3 aromatic carbocycles. The second-order valence-corrected chi connectivity index (χ2v) is 10.6. The van der Waals surface area contributed by atoms with Crippen molar-refractivity contribution in [2.24, 2.45) is 5.92 Å². The lowest BCUT2D eigenvalue weighted by molar-refractivity contribution is -0.122. The molecule has 1 saturated heterocycles. The van der Waals surface area contributed by atoms with Crippen LogP contribution >= 0.6 is 0 Å². The molecule has 4 aliphatic heterocycles. The molecule has 38 heavy (non-hydrogen) atoms. The number of ketones is 2. The van der Waals surface area contributed by atoms with Gasteiger partial charge in [0.05, 0.1) is 18.0 Å². The van der Waals surface area contributed by atoms with E-state index in [-0.39, 0.29) is 24.3 Å². The standard InChI is InChI=1S/C31H26N2O5/c1-16-8-10-23-20(12-16)17(2)13-26-31(21-6-4-5-7-22(21)32-30(31)36)27(28(18(3)34)33(23)26)29(35)19-9-11-24-25(14-19)38-15-37-24/h4-14,26-28H,15H2,1-3H3,(H,32,36)/t26-,27-,28+,31-/m0/s1. The SMILES string of the molecule is CC(=O)[C@@H]1[C@@H](C(=O)c2ccc3c(c2)OCO3)[C@@]2(C(=O)Nc3ccccc32)[C@@H]2C=C(C)c3cc(C)ccc3N12. The average Bonchev–Trinajstić information content (AvgIpc) is 3.57. The topological polar surface area (TPSA) is 84.9 Å². The number of carbonyl (C=O) groups is 3. The van der Waals surface area contributed by atoms with E-state index in [2.05, 4.69) is 17.5 Å². The summed E-state index contributed by atoms with van der Waals surface area (Å²) < 4.78 is 11.0. The number of anilines is 2. The predicted molar refractivity (Wildman–Crippen MR) is 143 cm³/mol. The highest BCUT2D eigenvalue weighted by Gasteiger charge is 2.70. The number of nitrogens with one attached hydrogen (secondary N) is 1. The first kappa shape index (κ1) is 22.8. The van der Waals surface area contributed by atoms with Crippen molar-refractivity contribution in [1.29, 1.82) is 0 Å². The molecule has 7 heteroatoms. The number of para-hydroxylation sites is 1. The highest BCUT2D eigenvalue weighted by Crippen LogP contribution is 2.58. The van der Waals surface area contributed by atoms with Crippen molar-refractivity contribution < 1.29 is 23.9 Å². The number of ether oxygens (including phenoxy) is 2. The number of aryl methyl sites for hydroxylation is 1. The van der Waals surface area contributed by atoms with Gasteiger partial charge in [0.2, 0.25) is 12.7 Å². The molecule has 4 aliphatic rings. The van der Waals surface area contributed by atoms with Gasteiger partial charge in [-0.25, -0.2) is 0 Å². The predicted octanol–water partition coefficient (Wildman–Crippen LogP) is 4.68. The molecule has 1 spiro atoms. The monoisotopic (exact) mass is 506 g/mol. The van der Waals surface area contributed by atoms with Crippen molar-refractivity contribution >= 4 is 34.4 Å². The van der Waals surface area contributed by atoms with Crippen LogP contribution in [0.1, 0.15) is 40.9 Å². The van der Waals surface area contributed by atoms with Gasteiger partial charge in [-0.15, -0.1) is 0 Å². The Morgan fingerprint density at radius 2 is 1.79 bits per heavy atom. The summed E-state index contributed by atoms with van der Waals surface area (Å²) in [6, 6.07) is 17.3. The van der Waals surface area contributed by atoms with Crippen LogP contribution in [0.3, 0.4) is 0 Å². The van der Waals surface area contributed by atoms with Gasteiger partial charge in [0.25, 0.3) is 0 Å². The molecule has 0 saturated carbocycles. The molecule has 0 aliphatic carbocycles. The third-order valence-corrected chi connectivity index (χ3v) is 8.49. The van der Waals surface area contributed by atoms with E-state index in [1.54, 1.807) is 18.2 Å². The summed E-state index contributed by atoms with van der Waals surface area (Å²) in [5.74, 6) is -0.628. The van der Waals surface area contributed by atoms with Crippen LogP contribution in [0.15, 0.2) is 66.7 Å². The molecular weight excluding hydrogens is 480 g/mol. The van der Waals surface area contributed by atoms with Gasteiger partial charge in [-0.1, -0.05) is 35.9 Å². The van der Waals surface area contributed by atoms with Gasteiger partial charge in [-0.05, 0) is 68.3 Å². The molecule has 1 fully saturated rings. The highest BCUT2D eigenvalue weighted by molar-refractivity contribution is 6.17. The minimum Gasteiger partial charge on any atom is -0.454 e. The summed E-state index contributed by atoms with van der Waals surface area (Å²) in [5.41, 5.74) is 4.47. The van der Waals surface area contributed by atoms with E-state index in [0.29, 0.717) is 22.7 Å². The van der Waals surface area contributed by atoms with E-state index >= 15 is 0 Å². The summed E-state index contributed by atoms with van der Waals surface area (Å²) in [6.45, 7) is 5.65. The van der Waals surface area contributed by atoms with Gasteiger partial charge >= 0.3 is 0 Å². The maximum Gasteiger partial charge on any atom is 0.238 e. The first-order valence-electron chi connectivity index (χ1n) is 12.8. The number of hydrogen-bond donors (Lipinski definition) is 1. The number of benzene rings is 3. The first-order chi connectivity index (χ1) is 18.3. The Labute approximate surface area is 220 Å². The quantitative estimate of drug-likeness (QED) is 0.520. The van der Waals surface area contributed by atoms with Crippen molar-refractivity contribution in [3.05, 3.63) is 89.0 Å². The molecule has 7 rings (SSSR count). The Kier molecular flexibility index (Phi) is 4.68. The van der Waals surface area contributed by atoms with Crippen molar-refractivity contribution in [2.75, 3.05) is 17.0 Å². The van der Waals surface area contributed by atoms with Crippen LogP contribution < -0.4 is 19.7 Å². The van der Waals surface area contributed by atoms with E-state index in [1.807, 2.05) is 55.1 Å². The molecule has 0 radical (unpaired) electrons. The largest absolute Gasteiger partial charge is 0.454 e. The van der Waals surface area contributed by atoms with Gasteiger partial charge in [-0.2, -0.15) is 0 Å². The summed E-state index contributed by atoms with van der Waals surface area (Å²) in [6.07, 6.45) is 2.06. The molecule has 7 nitrogen and oxygen atoms in total. The van der Waals surface area contributed by atoms with Crippen molar-refractivity contribution in [1.82, 2.24) is 0 Å². The summed E-state index contributed by atoms with van der Waals surface area (Å²) in [7, 11) is 0. The van der Waals surface area contributed by atoms with E-state index in [9.17, 15) is 14.4 Å². The van der Waals surface area contributed by atoms with Gasteiger partial charge in [0.15, 0.2) is 23.1 Å². The number of carbonyl (C=O) groups excluding carboxylic acids is 3. The number of fused-ring (bicyclic) bond motifs is 7. The number of hydrogen-bond acceptors (Lipinski definition) is 6. The van der Waals surface area contributed by atoms with Crippen LogP contribution in [0.5, 0.6) is 11.5 Å². The molecule has 0 unspecified atom stereocenters. The summed E-state index contributed by atoms with van der Waals surface area (Å²) in [4.78, 5) is 44.4. The fourth-order valence-electron chi connectivity index (χ4n) is 6.93. The molecule has 1 amide bonds. The first-order valence-corrected chi connectivity index (χ1v) is 12.8. The smallest absolute Gasteiger partial charge is 0.238 e. The van der Waals surface area contributed by atoms with Crippen LogP contribution in [0.4, 0.5) is 11.4 Å². The minimum absolute atomic E-state index is 0.0856. The lowest BCUT2D eigenvalue weighted by Gasteiger charge is -2.39. The Morgan fingerprint density at radius 3 is 2.61 bits per heavy atom. The molecular formula is C31H26N2O5. The molecule has 4 heterocycles. The molecule has 4 atom stereocenters. The van der Waals surface area contributed by atoms with E-state index in [4.69, 9.17) is 9.47 Å². The van der Waals surface area contributed by atoms with Gasteiger partial charge in [0.1, 0.15) is 5.41 Å². The van der Waals surface area contributed by atoms with Crippen molar-refractivity contribution in [2.45, 2.75) is 38.3 Å². The van der Waals surface area contributed by atoms with Gasteiger partial charge in [0, 0.05) is 22.5 Å². The third-order valence-electron chi connectivity index (χ3n) is 8.49. The van der Waals surface area contributed by atoms with Crippen LogP contribution in [0, 0.1) is 12.8 Å². The van der Waals surface area contributed by atoms with Crippen molar-refractivity contribution in [3.8, 4) is 11.5 Å². The Morgan fingerprint density at radius 1 is 1.00 bits per heavy atom. The fourth-order valence-corrected chi connectivity index (χ4v) is 6.93. The Hall–Kier alpha value is -4.39. The third kappa shape index (κ3) is 2.81. The van der Waals surface area contributed by atoms with Crippen LogP contribution in [0.2, 0.25) is 0 Å². The zero-order valence-corrected chi connectivity index (χ0v) is 21.3. The van der Waals surface area contributed by atoms with E-state index in [1.165, 1.54) is 6.92 Å². The molecule has 190 valence electrons. The zero-order valence-electron chi connectivity index (χ0n) is 21.3. The number of amides is 1. The van der Waals surface area contributed by atoms with E-state index in [0.717, 1.165) is 28.0 Å². The fraction of sp³-hybridized carbons (Fsp3) is 0.258. The average molecular weight is 507 g/mol. The maximum atomic E-state index is 14.6. The molecule has 1 N–H and O–H groups in total. The van der Waals surface area contributed by atoms with Crippen molar-refractivity contribution in [3.63, 3.8) is 0 Å². The number of allylic oxidation sites excluding steroid dienone is 1. The molecule has 0 bridgehead atoms. The van der Waals surface area contributed by atoms with E-state index < -0.39 is 23.4 Å². The normalized spacial score (nSPS) is 26.0. The zero-order chi connectivity index (χ0) is 26.3. The number of rotatable bonds is 3. The second kappa shape index (κ2) is 7.81. The minimum atomic E-state index is -1.30. The molecule has 3 aromatic rings. The summed E-state index contributed by atoms with van der Waals surface area (Å²) >= 11 is 0. The number of Topliss-reactive ketones (excluding diaryl/α,β-unsaturated/α-hetero) is 2. The highest BCUT2D eigenvalue weighted by atomic mass is 16.7. The lowest BCUT2D eigenvalue weighted by atomic mass is 9.64.